The van der Waals surface area contributed by atoms with Crippen LogP contribution in [-0.2, 0) is 6.18 Å². The molecular formula is C22H26F3N3O3. The standard InChI is InChI=1S/C22H26F3N3O3/c1-2-3-4-5-6-7-14-31-19-11-8-17(9-12-19)16-26-27-20-13-10-18(22(23,24)25)15-21(20)28(29)30/h8-13,15-16,27H,2-7,14H2,1H3. The number of nitro benzene ring substituents is 1. The molecular weight excluding hydrogens is 411 g/mol. The fourth-order valence-corrected chi connectivity index (χ4v) is 2.85. The summed E-state index contributed by atoms with van der Waals surface area (Å²) in [6.45, 7) is 2.84. The summed E-state index contributed by atoms with van der Waals surface area (Å²) in [5.74, 6) is 0.733. The van der Waals surface area contributed by atoms with Crippen LogP contribution in [-0.4, -0.2) is 17.7 Å². The fourth-order valence-electron chi connectivity index (χ4n) is 2.85. The number of benzene rings is 2. The lowest BCUT2D eigenvalue weighted by Crippen LogP contribution is -2.06. The summed E-state index contributed by atoms with van der Waals surface area (Å²) >= 11 is 0. The molecule has 31 heavy (non-hydrogen) atoms. The molecule has 1 N–H and O–H groups in total. The van der Waals surface area contributed by atoms with Gasteiger partial charge in [-0.2, -0.15) is 18.3 Å². The number of unbranched alkanes of at least 4 members (excludes halogenated alkanes) is 5. The first-order valence-corrected chi connectivity index (χ1v) is 10.2. The molecule has 2 aromatic carbocycles. The van der Waals surface area contributed by atoms with Crippen LogP contribution >= 0.6 is 0 Å². The quantitative estimate of drug-likeness (QED) is 0.171. The Hall–Kier alpha value is -3.10. The normalized spacial score (nSPS) is 11.6. The maximum atomic E-state index is 12.7. The number of nitrogens with one attached hydrogen (secondary N) is 1. The summed E-state index contributed by atoms with van der Waals surface area (Å²) in [4.78, 5) is 10.2. The number of hydrazone groups is 1. The first-order valence-electron chi connectivity index (χ1n) is 10.2. The molecule has 0 aliphatic heterocycles. The van der Waals surface area contributed by atoms with Gasteiger partial charge in [-0.1, -0.05) is 39.0 Å². The highest BCUT2D eigenvalue weighted by atomic mass is 19.4. The number of anilines is 1. The topological polar surface area (TPSA) is 76.8 Å². The van der Waals surface area contributed by atoms with Gasteiger partial charge < -0.3 is 4.74 Å². The molecule has 0 aromatic heterocycles. The molecule has 0 amide bonds. The van der Waals surface area contributed by atoms with Crippen molar-refractivity contribution in [3.8, 4) is 5.75 Å². The molecule has 0 fully saturated rings. The van der Waals surface area contributed by atoms with Crippen molar-refractivity contribution in [3.05, 3.63) is 63.7 Å². The van der Waals surface area contributed by atoms with Crippen LogP contribution in [0.15, 0.2) is 47.6 Å². The van der Waals surface area contributed by atoms with E-state index in [2.05, 4.69) is 17.5 Å². The largest absolute Gasteiger partial charge is 0.494 e. The van der Waals surface area contributed by atoms with E-state index in [1.54, 1.807) is 24.3 Å². The number of hydrogen-bond acceptors (Lipinski definition) is 5. The molecule has 6 nitrogen and oxygen atoms in total. The highest BCUT2D eigenvalue weighted by Gasteiger charge is 2.33. The van der Waals surface area contributed by atoms with Crippen LogP contribution in [0.5, 0.6) is 5.75 Å². The molecule has 0 bridgehead atoms. The molecule has 0 aliphatic carbocycles. The lowest BCUT2D eigenvalue weighted by Gasteiger charge is -2.08. The number of alkyl halides is 3. The molecule has 2 aromatic rings. The van der Waals surface area contributed by atoms with Crippen LogP contribution in [0.25, 0.3) is 0 Å². The van der Waals surface area contributed by atoms with E-state index in [1.165, 1.54) is 31.9 Å². The second kappa shape index (κ2) is 11.9. The van der Waals surface area contributed by atoms with Gasteiger partial charge in [0.2, 0.25) is 0 Å². The lowest BCUT2D eigenvalue weighted by molar-refractivity contribution is -0.384. The van der Waals surface area contributed by atoms with E-state index in [4.69, 9.17) is 4.74 Å². The lowest BCUT2D eigenvalue weighted by atomic mass is 10.1. The first kappa shape index (κ1) is 24.2. The van der Waals surface area contributed by atoms with Crippen LogP contribution in [0, 0.1) is 10.1 Å². The van der Waals surface area contributed by atoms with Gasteiger partial charge in [0.1, 0.15) is 11.4 Å². The molecule has 0 saturated carbocycles. The van der Waals surface area contributed by atoms with Gasteiger partial charge in [-0.3, -0.25) is 15.5 Å². The molecule has 0 heterocycles. The van der Waals surface area contributed by atoms with Crippen LogP contribution in [0.3, 0.4) is 0 Å². The fraction of sp³-hybridized carbons (Fsp3) is 0.409. The van der Waals surface area contributed by atoms with Crippen molar-refractivity contribution in [2.45, 2.75) is 51.6 Å². The number of rotatable bonds is 12. The predicted molar refractivity (Wildman–Crippen MR) is 115 cm³/mol. The third-order valence-corrected chi connectivity index (χ3v) is 4.57. The van der Waals surface area contributed by atoms with E-state index < -0.39 is 22.4 Å². The molecule has 168 valence electrons. The second-order valence-corrected chi connectivity index (χ2v) is 7.04. The van der Waals surface area contributed by atoms with Crippen LogP contribution in [0.1, 0.15) is 56.6 Å². The molecule has 0 atom stereocenters. The Kier molecular flexibility index (Phi) is 9.30. The van der Waals surface area contributed by atoms with Crippen LogP contribution < -0.4 is 10.2 Å². The molecule has 0 radical (unpaired) electrons. The summed E-state index contributed by atoms with van der Waals surface area (Å²) < 4.78 is 43.9. The van der Waals surface area contributed by atoms with Gasteiger partial charge >= 0.3 is 6.18 Å². The van der Waals surface area contributed by atoms with E-state index in [0.29, 0.717) is 18.2 Å². The number of ether oxygens (including phenoxy) is 1. The minimum atomic E-state index is -4.66. The summed E-state index contributed by atoms with van der Waals surface area (Å²) in [6, 6.07) is 9.34. The smallest absolute Gasteiger partial charge is 0.416 e. The second-order valence-electron chi connectivity index (χ2n) is 7.04. The highest BCUT2D eigenvalue weighted by Crippen LogP contribution is 2.34. The third-order valence-electron chi connectivity index (χ3n) is 4.57. The summed E-state index contributed by atoms with van der Waals surface area (Å²) in [7, 11) is 0. The third kappa shape index (κ3) is 8.27. The molecule has 9 heteroatoms. The Balaban J connectivity index is 1.87. The minimum absolute atomic E-state index is 0.131. The maximum Gasteiger partial charge on any atom is 0.416 e. The Morgan fingerprint density at radius 1 is 1.06 bits per heavy atom. The Bertz CT molecular complexity index is 869. The number of nitro groups is 1. The zero-order chi connectivity index (χ0) is 22.7. The Labute approximate surface area is 179 Å². The van der Waals surface area contributed by atoms with Crippen molar-refractivity contribution in [2.75, 3.05) is 12.0 Å². The number of hydrogen-bond donors (Lipinski definition) is 1. The zero-order valence-corrected chi connectivity index (χ0v) is 17.3. The van der Waals surface area contributed by atoms with E-state index in [9.17, 15) is 23.3 Å². The van der Waals surface area contributed by atoms with Crippen molar-refractivity contribution in [1.29, 1.82) is 0 Å². The van der Waals surface area contributed by atoms with Crippen molar-refractivity contribution in [2.24, 2.45) is 5.10 Å². The maximum absolute atomic E-state index is 12.7. The van der Waals surface area contributed by atoms with Crippen LogP contribution in [0.4, 0.5) is 24.5 Å². The van der Waals surface area contributed by atoms with Gasteiger partial charge in [0.15, 0.2) is 0 Å². The van der Waals surface area contributed by atoms with Gasteiger partial charge in [-0.15, -0.1) is 0 Å². The average Bonchev–Trinajstić information content (AvgIpc) is 2.73. The summed E-state index contributed by atoms with van der Waals surface area (Å²) in [6.07, 6.45) is 3.87. The Morgan fingerprint density at radius 3 is 2.39 bits per heavy atom. The van der Waals surface area contributed by atoms with Gasteiger partial charge in [0, 0.05) is 6.07 Å². The van der Waals surface area contributed by atoms with E-state index in [-0.39, 0.29) is 5.69 Å². The highest BCUT2D eigenvalue weighted by molar-refractivity contribution is 5.80. The Morgan fingerprint density at radius 2 is 1.74 bits per heavy atom. The van der Waals surface area contributed by atoms with Gasteiger partial charge in [0.25, 0.3) is 5.69 Å². The number of halogens is 3. The molecule has 0 unspecified atom stereocenters. The van der Waals surface area contributed by atoms with Crippen LogP contribution in [0.2, 0.25) is 0 Å². The molecule has 0 saturated heterocycles. The predicted octanol–water partition coefficient (Wildman–Crippen LogP) is 6.80. The van der Waals surface area contributed by atoms with Crippen molar-refractivity contribution in [3.63, 3.8) is 0 Å². The van der Waals surface area contributed by atoms with Crippen molar-refractivity contribution in [1.82, 2.24) is 0 Å². The zero-order valence-electron chi connectivity index (χ0n) is 17.3. The molecule has 2 rings (SSSR count). The summed E-state index contributed by atoms with van der Waals surface area (Å²) in [5.41, 5.74) is 1.20. The van der Waals surface area contributed by atoms with Crippen molar-refractivity contribution < 1.29 is 22.8 Å². The monoisotopic (exact) mass is 437 g/mol. The number of nitrogens with zero attached hydrogens (tertiary/aromatic N) is 2. The van der Waals surface area contributed by atoms with Gasteiger partial charge in [0.05, 0.1) is 23.3 Å². The first-order chi connectivity index (χ1) is 14.8. The van der Waals surface area contributed by atoms with E-state index in [0.717, 1.165) is 30.7 Å². The minimum Gasteiger partial charge on any atom is -0.494 e. The van der Waals surface area contributed by atoms with E-state index in [1.807, 2.05) is 0 Å². The van der Waals surface area contributed by atoms with Crippen molar-refractivity contribution >= 4 is 17.6 Å². The molecule has 0 aliphatic rings. The summed E-state index contributed by atoms with van der Waals surface area (Å²) in [5, 5.41) is 15.0. The SMILES string of the molecule is CCCCCCCCOc1ccc(C=NNc2ccc(C(F)(F)F)cc2[N+](=O)[O-])cc1. The van der Waals surface area contributed by atoms with Gasteiger partial charge in [-0.05, 0) is 48.4 Å². The molecule has 0 spiro atoms. The average molecular weight is 437 g/mol. The van der Waals surface area contributed by atoms with E-state index >= 15 is 0 Å². The van der Waals surface area contributed by atoms with Gasteiger partial charge in [-0.25, -0.2) is 0 Å².